The van der Waals surface area contributed by atoms with Crippen molar-refractivity contribution in [1.82, 2.24) is 30.0 Å². The van der Waals surface area contributed by atoms with Crippen molar-refractivity contribution in [3.63, 3.8) is 0 Å². The fourth-order valence-corrected chi connectivity index (χ4v) is 7.22. The summed E-state index contributed by atoms with van der Waals surface area (Å²) in [5.74, 6) is -0.0225. The summed E-state index contributed by atoms with van der Waals surface area (Å²) in [5.41, 5.74) is 2.92. The monoisotopic (exact) mass is 634 g/mol. The van der Waals surface area contributed by atoms with Crippen LogP contribution in [0.15, 0.2) is 169 Å². The molecule has 2 aromatic heterocycles. The first-order valence-corrected chi connectivity index (χ1v) is 16.1. The van der Waals surface area contributed by atoms with Crippen LogP contribution in [0.25, 0.3) is 43.6 Å². The Hall–Kier alpha value is -6.67. The van der Waals surface area contributed by atoms with Crippen LogP contribution < -0.4 is 0 Å². The summed E-state index contributed by atoms with van der Waals surface area (Å²) in [5, 5.41) is 24.2. The minimum Gasteiger partial charge on any atom is -0.425 e. The van der Waals surface area contributed by atoms with Crippen molar-refractivity contribution in [2.75, 3.05) is 0 Å². The topological polar surface area (TPSA) is 87.7 Å². The standard InChI is InChI=1S/C41H26N6O2/c48-39-41(30-13-3-1-4-14-30,31-15-5-2-6-16-31)25-29-23-24-40(26-36(29)49-39,46-42-34-21-19-27-11-7-9-17-32(27)37(34)44-46)47-43-35-22-20-28-12-8-10-18-33(28)38(35)45-47/h1-26H. The van der Waals surface area contributed by atoms with E-state index in [4.69, 9.17) is 25.1 Å². The highest BCUT2D eigenvalue weighted by molar-refractivity contribution is 6.04. The number of carbonyl (C=O) groups is 1. The minimum atomic E-state index is -1.29. The summed E-state index contributed by atoms with van der Waals surface area (Å²) in [4.78, 5) is 17.7. The smallest absolute Gasteiger partial charge is 0.330 e. The number of benzene rings is 6. The van der Waals surface area contributed by atoms with Gasteiger partial charge >= 0.3 is 5.97 Å². The van der Waals surface area contributed by atoms with E-state index in [0.717, 1.165) is 60.3 Å². The summed E-state index contributed by atoms with van der Waals surface area (Å²) in [6, 6.07) is 43.7. The van der Waals surface area contributed by atoms with Crippen molar-refractivity contribution in [3.05, 3.63) is 180 Å². The number of hydrogen-bond donors (Lipinski definition) is 0. The third-order valence-electron chi connectivity index (χ3n) is 9.68. The van der Waals surface area contributed by atoms with Gasteiger partial charge in [-0.3, -0.25) is 0 Å². The molecule has 10 rings (SSSR count). The first-order chi connectivity index (χ1) is 24.1. The highest BCUT2D eigenvalue weighted by Crippen LogP contribution is 2.44. The number of fused-ring (bicyclic) bond motifs is 7. The average molecular weight is 635 g/mol. The van der Waals surface area contributed by atoms with Gasteiger partial charge in [-0.2, -0.15) is 10.2 Å². The molecule has 8 nitrogen and oxygen atoms in total. The Bertz CT molecular complexity index is 2570. The van der Waals surface area contributed by atoms with Crippen molar-refractivity contribution >= 4 is 49.6 Å². The number of hydrogen-bond acceptors (Lipinski definition) is 6. The molecule has 2 aliphatic rings. The molecule has 8 aromatic rings. The first-order valence-electron chi connectivity index (χ1n) is 16.1. The molecule has 49 heavy (non-hydrogen) atoms. The van der Waals surface area contributed by atoms with E-state index >= 15 is 0 Å². The van der Waals surface area contributed by atoms with E-state index in [2.05, 4.69) is 12.1 Å². The Kier molecular flexibility index (Phi) is 5.69. The summed E-state index contributed by atoms with van der Waals surface area (Å²) < 4.78 is 6.37. The lowest BCUT2D eigenvalue weighted by molar-refractivity contribution is -0.143. The Morgan fingerprint density at radius 2 is 1.04 bits per heavy atom. The second-order valence-corrected chi connectivity index (χ2v) is 12.4. The highest BCUT2D eigenvalue weighted by atomic mass is 16.5. The minimum absolute atomic E-state index is 0.382. The molecule has 8 heteroatoms. The Labute approximate surface area is 279 Å². The van der Waals surface area contributed by atoms with Gasteiger partial charge in [0.05, 0.1) is 0 Å². The van der Waals surface area contributed by atoms with Crippen LogP contribution in [0.1, 0.15) is 11.1 Å². The zero-order chi connectivity index (χ0) is 32.6. The van der Waals surface area contributed by atoms with E-state index in [1.54, 1.807) is 9.59 Å². The number of nitrogens with zero attached hydrogens (tertiary/aromatic N) is 6. The molecule has 6 aromatic carbocycles. The van der Waals surface area contributed by atoms with Crippen molar-refractivity contribution in [3.8, 4) is 0 Å². The van der Waals surface area contributed by atoms with E-state index in [9.17, 15) is 4.79 Å². The van der Waals surface area contributed by atoms with Crippen molar-refractivity contribution < 1.29 is 9.53 Å². The molecular formula is C41H26N6O2. The molecule has 0 atom stereocenters. The van der Waals surface area contributed by atoms with Crippen LogP contribution in [0, 0.1) is 0 Å². The van der Waals surface area contributed by atoms with Crippen molar-refractivity contribution in [2.24, 2.45) is 0 Å². The molecule has 0 spiro atoms. The van der Waals surface area contributed by atoms with Gasteiger partial charge in [0.15, 0.2) is 0 Å². The lowest BCUT2D eigenvalue weighted by Crippen LogP contribution is -2.45. The van der Waals surface area contributed by atoms with Crippen LogP contribution in [0.4, 0.5) is 0 Å². The van der Waals surface area contributed by atoms with Gasteiger partial charge in [0, 0.05) is 22.4 Å². The van der Waals surface area contributed by atoms with Crippen molar-refractivity contribution in [2.45, 2.75) is 11.1 Å². The second kappa shape index (κ2) is 10.2. The SMILES string of the molecule is O=C1OC2=CC(n3nc4ccc5ccccc5c4n3)(n3nc4ccc5ccccc5c4n3)C=CC2=CC1(c1ccccc1)c1ccccc1. The van der Waals surface area contributed by atoms with E-state index < -0.39 is 17.0 Å². The molecule has 0 radical (unpaired) electrons. The summed E-state index contributed by atoms with van der Waals surface area (Å²) in [7, 11) is 0. The molecule has 1 aliphatic heterocycles. The van der Waals surface area contributed by atoms with Gasteiger partial charge < -0.3 is 4.74 Å². The Morgan fingerprint density at radius 1 is 0.531 bits per heavy atom. The van der Waals surface area contributed by atoms with E-state index in [0.29, 0.717) is 5.76 Å². The molecule has 232 valence electrons. The molecule has 0 saturated heterocycles. The maximum Gasteiger partial charge on any atom is 0.330 e. The molecular weight excluding hydrogens is 608 g/mol. The van der Waals surface area contributed by atoms with Crippen LogP contribution in [-0.2, 0) is 20.6 Å². The van der Waals surface area contributed by atoms with Crippen LogP contribution in [0.5, 0.6) is 0 Å². The van der Waals surface area contributed by atoms with Gasteiger partial charge in [-0.05, 0) is 46.2 Å². The maximum absolute atomic E-state index is 14.4. The predicted molar refractivity (Wildman–Crippen MR) is 189 cm³/mol. The molecule has 3 heterocycles. The van der Waals surface area contributed by atoms with Crippen LogP contribution in [0.2, 0.25) is 0 Å². The molecule has 1 aliphatic carbocycles. The van der Waals surface area contributed by atoms with Crippen LogP contribution in [-0.4, -0.2) is 36.0 Å². The number of rotatable bonds is 4. The fraction of sp³-hybridized carbons (Fsp3) is 0.0488. The van der Waals surface area contributed by atoms with Gasteiger partial charge in [0.1, 0.15) is 33.2 Å². The molecule has 0 bridgehead atoms. The second-order valence-electron chi connectivity index (χ2n) is 12.4. The quantitative estimate of drug-likeness (QED) is 0.185. The predicted octanol–water partition coefficient (Wildman–Crippen LogP) is 7.61. The Morgan fingerprint density at radius 3 is 1.59 bits per heavy atom. The van der Waals surface area contributed by atoms with E-state index in [1.165, 1.54) is 0 Å². The van der Waals surface area contributed by atoms with Gasteiger partial charge in [-0.25, -0.2) is 4.79 Å². The van der Waals surface area contributed by atoms with Gasteiger partial charge in [0.2, 0.25) is 5.66 Å². The third-order valence-corrected chi connectivity index (χ3v) is 9.68. The zero-order valence-electron chi connectivity index (χ0n) is 26.0. The molecule has 0 N–H and O–H groups in total. The zero-order valence-corrected chi connectivity index (χ0v) is 26.0. The average Bonchev–Trinajstić information content (AvgIpc) is 3.82. The largest absolute Gasteiger partial charge is 0.425 e. The number of allylic oxidation sites excluding steroid dienone is 3. The lowest BCUT2D eigenvalue weighted by Gasteiger charge is -2.37. The molecule has 0 fully saturated rings. The third kappa shape index (κ3) is 3.94. The molecule has 0 unspecified atom stereocenters. The summed E-state index contributed by atoms with van der Waals surface area (Å²) in [6.45, 7) is 0. The number of esters is 1. The maximum atomic E-state index is 14.4. The normalized spacial score (nSPS) is 16.4. The van der Waals surface area contributed by atoms with Crippen LogP contribution in [0.3, 0.4) is 0 Å². The van der Waals surface area contributed by atoms with E-state index in [1.807, 2.05) is 146 Å². The fourth-order valence-electron chi connectivity index (χ4n) is 7.22. The van der Waals surface area contributed by atoms with Gasteiger partial charge in [0.25, 0.3) is 0 Å². The lowest BCUT2D eigenvalue weighted by atomic mass is 9.71. The summed E-state index contributed by atoms with van der Waals surface area (Å²) >= 11 is 0. The Balaban J connectivity index is 1.22. The van der Waals surface area contributed by atoms with Crippen LogP contribution >= 0.6 is 0 Å². The number of ether oxygens (including phenoxy) is 1. The highest BCUT2D eigenvalue weighted by Gasteiger charge is 2.48. The van der Waals surface area contributed by atoms with Gasteiger partial charge in [-0.1, -0.05) is 127 Å². The van der Waals surface area contributed by atoms with Gasteiger partial charge in [-0.15, -0.1) is 19.8 Å². The number of carbonyl (C=O) groups excluding carboxylic acids is 1. The number of aromatic nitrogens is 6. The molecule has 0 saturated carbocycles. The summed E-state index contributed by atoms with van der Waals surface area (Å²) in [6.07, 6.45) is 7.78. The first kappa shape index (κ1) is 27.4. The molecule has 0 amide bonds. The van der Waals surface area contributed by atoms with E-state index in [-0.39, 0.29) is 0 Å². The van der Waals surface area contributed by atoms with Crippen molar-refractivity contribution in [1.29, 1.82) is 0 Å².